The minimum atomic E-state index is -0.852. The van der Waals surface area contributed by atoms with E-state index in [-0.39, 0.29) is 6.04 Å². The topological polar surface area (TPSA) is 141 Å². The first-order chi connectivity index (χ1) is 24.8. The van der Waals surface area contributed by atoms with Gasteiger partial charge in [-0.1, -0.05) is 0 Å². The largest absolute Gasteiger partial charge is 0.494 e. The number of methoxy groups -OCH3 is 1. The monoisotopic (exact) mass is 697 g/mol. The van der Waals surface area contributed by atoms with Crippen LogP contribution in [0.4, 0.5) is 21.6 Å². The van der Waals surface area contributed by atoms with Crippen LogP contribution in [0.15, 0.2) is 67.2 Å². The van der Waals surface area contributed by atoms with Crippen LogP contribution < -0.4 is 24.8 Å². The maximum Gasteiger partial charge on any atom is 0.284 e. The van der Waals surface area contributed by atoms with E-state index in [0.29, 0.717) is 83.1 Å². The number of likely N-dealkylation sites (tertiary alicyclic amines) is 1. The summed E-state index contributed by atoms with van der Waals surface area (Å²) in [5.74, 6) is 0.821. The normalized spacial score (nSPS) is 17.2. The third-order valence-electron chi connectivity index (χ3n) is 9.12. The fourth-order valence-electron chi connectivity index (χ4n) is 6.24. The molecule has 51 heavy (non-hydrogen) atoms. The molecule has 5 heterocycles. The van der Waals surface area contributed by atoms with Gasteiger partial charge in [-0.2, -0.15) is 5.10 Å². The predicted molar refractivity (Wildman–Crippen MR) is 190 cm³/mol. The summed E-state index contributed by atoms with van der Waals surface area (Å²) in [6.45, 7) is 6.78. The minimum absolute atomic E-state index is 0.131. The number of anilines is 3. The van der Waals surface area contributed by atoms with Crippen molar-refractivity contribution < 1.29 is 28.1 Å². The van der Waals surface area contributed by atoms with Gasteiger partial charge >= 0.3 is 0 Å². The third kappa shape index (κ3) is 7.85. The van der Waals surface area contributed by atoms with E-state index in [1.165, 1.54) is 18.7 Å². The molecular weight excluding hydrogens is 657 g/mol. The van der Waals surface area contributed by atoms with Crippen LogP contribution in [0.3, 0.4) is 0 Å². The van der Waals surface area contributed by atoms with Crippen LogP contribution in [-0.2, 0) is 9.53 Å². The van der Waals surface area contributed by atoms with Crippen molar-refractivity contribution >= 4 is 39.6 Å². The Morgan fingerprint density at radius 1 is 1.04 bits per heavy atom. The summed E-state index contributed by atoms with van der Waals surface area (Å²) in [6.07, 6.45) is 7.83. The van der Waals surface area contributed by atoms with E-state index in [2.05, 4.69) is 35.6 Å². The molecule has 14 nitrogen and oxygen atoms in total. The van der Waals surface area contributed by atoms with E-state index in [9.17, 15) is 4.79 Å². The number of amides is 1. The number of rotatable bonds is 12. The first kappa shape index (κ1) is 34.1. The Morgan fingerprint density at radius 3 is 2.71 bits per heavy atom. The molecule has 0 aliphatic carbocycles. The van der Waals surface area contributed by atoms with E-state index in [1.54, 1.807) is 48.2 Å². The zero-order valence-corrected chi connectivity index (χ0v) is 28.8. The second-order valence-electron chi connectivity index (χ2n) is 12.5. The van der Waals surface area contributed by atoms with Crippen molar-refractivity contribution in [1.29, 1.82) is 0 Å². The number of nitrogens with zero attached hydrogens (tertiary/aromatic N) is 7. The average molecular weight is 698 g/mol. The smallest absolute Gasteiger partial charge is 0.284 e. The summed E-state index contributed by atoms with van der Waals surface area (Å²) in [6, 6.07) is 10.6. The highest BCUT2D eigenvalue weighted by atomic mass is 19.1. The number of benzene rings is 2. The number of ether oxygens (including phenoxy) is 4. The van der Waals surface area contributed by atoms with Crippen LogP contribution in [0.5, 0.6) is 23.0 Å². The minimum Gasteiger partial charge on any atom is -0.494 e. The molecule has 3 aromatic heterocycles. The van der Waals surface area contributed by atoms with Crippen molar-refractivity contribution in [2.45, 2.75) is 25.8 Å². The Labute approximate surface area is 294 Å². The van der Waals surface area contributed by atoms with Crippen LogP contribution in [0.2, 0.25) is 0 Å². The molecule has 7 rings (SSSR count). The Bertz CT molecular complexity index is 2070. The third-order valence-corrected chi connectivity index (χ3v) is 9.12. The lowest BCUT2D eigenvalue weighted by Gasteiger charge is -2.26. The maximum absolute atomic E-state index is 15.3. The lowest BCUT2D eigenvalue weighted by Crippen LogP contribution is -2.38. The van der Waals surface area contributed by atoms with E-state index in [0.717, 1.165) is 38.0 Å². The number of carbonyl (C=O) groups is 1. The molecule has 5 aromatic rings. The molecule has 2 saturated heterocycles. The molecule has 0 bridgehead atoms. The molecule has 266 valence electrons. The highest BCUT2D eigenvalue weighted by Gasteiger charge is 2.23. The highest BCUT2D eigenvalue weighted by molar-refractivity contribution is 6.05. The van der Waals surface area contributed by atoms with Gasteiger partial charge in [0.2, 0.25) is 0 Å². The number of pyridine rings is 1. The predicted octanol–water partition coefficient (Wildman–Crippen LogP) is 5.12. The number of aromatic nitrogens is 5. The van der Waals surface area contributed by atoms with Crippen LogP contribution in [0.25, 0.3) is 16.6 Å². The quantitative estimate of drug-likeness (QED) is 0.167. The maximum atomic E-state index is 15.3. The summed E-state index contributed by atoms with van der Waals surface area (Å²) in [5.41, 5.74) is 2.98. The van der Waals surface area contributed by atoms with Gasteiger partial charge in [0.15, 0.2) is 11.5 Å². The summed E-state index contributed by atoms with van der Waals surface area (Å²) >= 11 is 0. The van der Waals surface area contributed by atoms with Crippen LogP contribution >= 0.6 is 0 Å². The fraction of sp³-hybridized carbons (Fsp3) is 0.361. The van der Waals surface area contributed by atoms with Gasteiger partial charge in [-0.05, 0) is 63.2 Å². The van der Waals surface area contributed by atoms with E-state index in [1.807, 2.05) is 24.9 Å². The molecule has 2 aromatic carbocycles. The van der Waals surface area contributed by atoms with E-state index >= 15 is 4.39 Å². The number of likely N-dealkylation sites (N-methyl/N-ethyl adjacent to an activating group) is 1. The van der Waals surface area contributed by atoms with Crippen LogP contribution in [0, 0.1) is 6.92 Å². The number of fused-ring (bicyclic) bond motifs is 2. The summed E-state index contributed by atoms with van der Waals surface area (Å²) in [5, 5.41) is 10.8. The van der Waals surface area contributed by atoms with Gasteiger partial charge in [0, 0.05) is 55.5 Å². The van der Waals surface area contributed by atoms with Gasteiger partial charge < -0.3 is 29.6 Å². The van der Waals surface area contributed by atoms with Crippen LogP contribution in [0.1, 0.15) is 18.4 Å². The first-order valence-corrected chi connectivity index (χ1v) is 16.9. The standard InChI is InChI=1S/C36H40FN9O5/c1-23-15-29(32(48-3)20-31(23)51-25-6-8-46-34(17-25)39-22-41-46)42-35-26-18-30(43-36(47)27(37)16-24-5-4-7-44(24)2)33(19-28(26)38-21-40-35)50-14-11-45-9-12-49-13-10-45/h6,8,15-22,24H,4-5,7,9-14H2,1-3H3,(H,43,47)(H,38,40,42)/b27-16+. The van der Waals surface area contributed by atoms with Crippen molar-refractivity contribution in [3.8, 4) is 23.0 Å². The Kier molecular flexibility index (Phi) is 10.2. The molecule has 1 amide bonds. The van der Waals surface area contributed by atoms with Gasteiger partial charge in [-0.3, -0.25) is 14.6 Å². The number of morpholine rings is 1. The molecular formula is C36H40FN9O5. The van der Waals surface area contributed by atoms with Crippen LogP contribution in [-0.4, -0.2) is 106 Å². The molecule has 2 fully saturated rings. The van der Waals surface area contributed by atoms with E-state index in [4.69, 9.17) is 18.9 Å². The number of nitrogens with one attached hydrogen (secondary N) is 2. The SMILES string of the molecule is COc1cc(Oc2ccn3ncnc3c2)c(C)cc1Nc1ncnc2cc(OCCN3CCOCC3)c(NC(=O)/C(F)=C\C3CCCN3C)cc12. The molecule has 2 aliphatic rings. The van der Waals surface area contributed by atoms with E-state index < -0.39 is 11.7 Å². The van der Waals surface area contributed by atoms with Crippen molar-refractivity contribution in [3.63, 3.8) is 0 Å². The zero-order valence-electron chi connectivity index (χ0n) is 28.8. The summed E-state index contributed by atoms with van der Waals surface area (Å²) < 4.78 is 40.5. The average Bonchev–Trinajstić information content (AvgIpc) is 3.78. The lowest BCUT2D eigenvalue weighted by molar-refractivity contribution is -0.114. The van der Waals surface area contributed by atoms with Gasteiger partial charge in [0.1, 0.15) is 48.1 Å². The van der Waals surface area contributed by atoms with Gasteiger partial charge in [-0.25, -0.2) is 23.9 Å². The Hall–Kier alpha value is -5.38. The van der Waals surface area contributed by atoms with Crippen molar-refractivity contribution in [1.82, 2.24) is 34.4 Å². The summed E-state index contributed by atoms with van der Waals surface area (Å²) in [4.78, 5) is 30.7. The number of hydrogen-bond donors (Lipinski definition) is 2. The van der Waals surface area contributed by atoms with Crippen molar-refractivity contribution in [2.24, 2.45) is 0 Å². The molecule has 15 heteroatoms. The Balaban J connectivity index is 1.17. The zero-order chi connectivity index (χ0) is 35.3. The van der Waals surface area contributed by atoms with Gasteiger partial charge in [0.05, 0.1) is 37.2 Å². The number of aryl methyl sites for hydroxylation is 1. The summed E-state index contributed by atoms with van der Waals surface area (Å²) in [7, 11) is 3.49. The second kappa shape index (κ2) is 15.2. The molecule has 2 aliphatic heterocycles. The second-order valence-corrected chi connectivity index (χ2v) is 12.5. The van der Waals surface area contributed by atoms with Gasteiger partial charge in [-0.15, -0.1) is 0 Å². The number of halogens is 1. The first-order valence-electron chi connectivity index (χ1n) is 16.9. The lowest BCUT2D eigenvalue weighted by atomic mass is 10.1. The fourth-order valence-corrected chi connectivity index (χ4v) is 6.24. The molecule has 2 N–H and O–H groups in total. The highest BCUT2D eigenvalue weighted by Crippen LogP contribution is 2.39. The molecule has 0 saturated carbocycles. The molecule has 0 radical (unpaired) electrons. The molecule has 1 unspecified atom stereocenters. The molecule has 0 spiro atoms. The molecule has 1 atom stereocenters. The van der Waals surface area contributed by atoms with Crippen molar-refractivity contribution in [2.75, 3.05) is 70.8 Å². The van der Waals surface area contributed by atoms with Gasteiger partial charge in [0.25, 0.3) is 5.91 Å². The van der Waals surface area contributed by atoms with Crippen molar-refractivity contribution in [3.05, 3.63) is 72.7 Å². The number of carbonyl (C=O) groups excluding carboxylic acids is 1. The Morgan fingerprint density at radius 2 is 1.90 bits per heavy atom. The number of hydrogen-bond acceptors (Lipinski definition) is 12.